The Morgan fingerprint density at radius 3 is 2.93 bits per heavy atom. The third-order valence-corrected chi connectivity index (χ3v) is 4.50. The van der Waals surface area contributed by atoms with Crippen molar-refractivity contribution >= 4 is 17.2 Å². The Labute approximate surface area is 153 Å². The summed E-state index contributed by atoms with van der Waals surface area (Å²) in [5.74, 6) is -0.297. The second kappa shape index (κ2) is 6.81. The summed E-state index contributed by atoms with van der Waals surface area (Å²) in [4.78, 5) is 41.6. The summed E-state index contributed by atoms with van der Waals surface area (Å²) in [6.07, 6.45) is 4.23. The van der Waals surface area contributed by atoms with Gasteiger partial charge in [-0.15, -0.1) is 0 Å². The number of ether oxygens (including phenoxy) is 1. The first-order valence-corrected chi connectivity index (χ1v) is 8.58. The van der Waals surface area contributed by atoms with Gasteiger partial charge < -0.3 is 14.5 Å². The Bertz CT molecular complexity index is 1140. The molecule has 1 unspecified atom stereocenters. The van der Waals surface area contributed by atoms with Crippen molar-refractivity contribution in [3.8, 4) is 0 Å². The van der Waals surface area contributed by atoms with Crippen LogP contribution in [0.3, 0.4) is 0 Å². The van der Waals surface area contributed by atoms with E-state index < -0.39 is 17.1 Å². The Balaban J connectivity index is 1.66. The van der Waals surface area contributed by atoms with E-state index in [4.69, 9.17) is 9.15 Å². The predicted molar refractivity (Wildman–Crippen MR) is 97.1 cm³/mol. The molecule has 1 aliphatic heterocycles. The molecule has 8 heteroatoms. The van der Waals surface area contributed by atoms with Gasteiger partial charge in [-0.2, -0.15) is 0 Å². The Hall–Kier alpha value is -3.26. The van der Waals surface area contributed by atoms with Gasteiger partial charge >= 0.3 is 5.63 Å². The number of nitrogens with one attached hydrogen (secondary N) is 1. The molecule has 1 aliphatic rings. The van der Waals surface area contributed by atoms with Crippen molar-refractivity contribution in [1.29, 1.82) is 0 Å². The van der Waals surface area contributed by atoms with Crippen molar-refractivity contribution < 1.29 is 13.9 Å². The van der Waals surface area contributed by atoms with Crippen molar-refractivity contribution in [2.75, 3.05) is 11.9 Å². The number of aromatic nitrogens is 2. The van der Waals surface area contributed by atoms with Crippen LogP contribution >= 0.6 is 0 Å². The highest BCUT2D eigenvalue weighted by Gasteiger charge is 2.24. The summed E-state index contributed by atoms with van der Waals surface area (Å²) >= 11 is 0. The first-order valence-electron chi connectivity index (χ1n) is 8.58. The molecule has 1 saturated heterocycles. The van der Waals surface area contributed by atoms with E-state index in [0.29, 0.717) is 23.6 Å². The van der Waals surface area contributed by atoms with Crippen molar-refractivity contribution in [3.63, 3.8) is 0 Å². The number of nitrogens with zero attached hydrogens (tertiary/aromatic N) is 2. The van der Waals surface area contributed by atoms with Crippen molar-refractivity contribution in [2.24, 2.45) is 0 Å². The molecule has 3 aromatic rings. The van der Waals surface area contributed by atoms with E-state index in [9.17, 15) is 14.4 Å². The average molecular weight is 367 g/mol. The molecule has 0 aliphatic carbocycles. The number of carbonyl (C=O) groups excluding carboxylic acids is 1. The van der Waals surface area contributed by atoms with Gasteiger partial charge in [-0.1, -0.05) is 6.07 Å². The topological polar surface area (TPSA) is 103 Å². The number of hydrogen-bond acceptors (Lipinski definition) is 6. The van der Waals surface area contributed by atoms with E-state index in [0.717, 1.165) is 12.8 Å². The van der Waals surface area contributed by atoms with Crippen LogP contribution in [0.2, 0.25) is 0 Å². The molecule has 0 bridgehead atoms. The van der Waals surface area contributed by atoms with E-state index in [1.54, 1.807) is 37.4 Å². The average Bonchev–Trinajstić information content (AvgIpc) is 3.18. The van der Waals surface area contributed by atoms with Crippen LogP contribution in [-0.4, -0.2) is 21.9 Å². The lowest BCUT2D eigenvalue weighted by Gasteiger charge is -2.11. The van der Waals surface area contributed by atoms with Crippen LogP contribution in [0.4, 0.5) is 5.69 Å². The summed E-state index contributed by atoms with van der Waals surface area (Å²) in [7, 11) is 0. The molecule has 138 valence electrons. The molecule has 4 rings (SSSR count). The fourth-order valence-electron chi connectivity index (χ4n) is 3.16. The molecule has 27 heavy (non-hydrogen) atoms. The minimum atomic E-state index is -0.758. The molecule has 0 saturated carbocycles. The lowest BCUT2D eigenvalue weighted by atomic mass is 10.1. The summed E-state index contributed by atoms with van der Waals surface area (Å²) < 4.78 is 12.1. The van der Waals surface area contributed by atoms with E-state index in [-0.39, 0.29) is 17.4 Å². The molecule has 3 aromatic heterocycles. The van der Waals surface area contributed by atoms with Crippen LogP contribution < -0.4 is 16.5 Å². The second-order valence-corrected chi connectivity index (χ2v) is 6.36. The number of fused-ring (bicyclic) bond motifs is 1. The standard InChI is InChI=1S/C19H17N3O5/c1-11-9-14(13-5-4-8-26-13)27-19(25)16(11)17(23)21-12-10-20-15-6-2-3-7-22(15)18(12)24/h2-3,6-7,9-10,13H,4-5,8H2,1H3,(H,21,23). The number of pyridine rings is 1. The van der Waals surface area contributed by atoms with Crippen LogP contribution in [-0.2, 0) is 4.74 Å². The molecule has 0 aromatic carbocycles. The Morgan fingerprint density at radius 1 is 1.33 bits per heavy atom. The highest BCUT2D eigenvalue weighted by Crippen LogP contribution is 2.28. The highest BCUT2D eigenvalue weighted by molar-refractivity contribution is 6.04. The normalized spacial score (nSPS) is 16.6. The number of carbonyl (C=O) groups is 1. The van der Waals surface area contributed by atoms with Gasteiger partial charge in [-0.3, -0.25) is 14.0 Å². The molecule has 1 amide bonds. The second-order valence-electron chi connectivity index (χ2n) is 6.36. The van der Waals surface area contributed by atoms with Gasteiger partial charge in [0.05, 0.1) is 6.20 Å². The predicted octanol–water partition coefficient (Wildman–Crippen LogP) is 2.06. The third kappa shape index (κ3) is 3.15. The first-order chi connectivity index (χ1) is 13.0. The molecule has 1 N–H and O–H groups in total. The Morgan fingerprint density at radius 2 is 2.19 bits per heavy atom. The zero-order valence-electron chi connectivity index (χ0n) is 14.6. The van der Waals surface area contributed by atoms with E-state index in [1.807, 2.05) is 0 Å². The largest absolute Gasteiger partial charge is 0.424 e. The van der Waals surface area contributed by atoms with Crippen molar-refractivity contribution in [1.82, 2.24) is 9.38 Å². The molecule has 1 atom stereocenters. The molecular weight excluding hydrogens is 350 g/mol. The number of rotatable bonds is 3. The van der Waals surface area contributed by atoms with Gasteiger partial charge in [-0.05, 0) is 43.5 Å². The molecule has 4 heterocycles. The summed E-state index contributed by atoms with van der Waals surface area (Å²) in [5.41, 5.74) is -0.445. The van der Waals surface area contributed by atoms with E-state index >= 15 is 0 Å². The van der Waals surface area contributed by atoms with Gasteiger partial charge in [0.25, 0.3) is 11.5 Å². The van der Waals surface area contributed by atoms with Gasteiger partial charge in [0.1, 0.15) is 28.8 Å². The number of amides is 1. The van der Waals surface area contributed by atoms with Gasteiger partial charge in [0.2, 0.25) is 0 Å². The van der Waals surface area contributed by atoms with E-state index in [2.05, 4.69) is 10.3 Å². The van der Waals surface area contributed by atoms with E-state index in [1.165, 1.54) is 10.6 Å². The van der Waals surface area contributed by atoms with Crippen LogP contribution in [0.5, 0.6) is 0 Å². The maximum Gasteiger partial charge on any atom is 0.349 e. The maximum absolute atomic E-state index is 12.6. The highest BCUT2D eigenvalue weighted by atomic mass is 16.5. The van der Waals surface area contributed by atoms with Crippen LogP contribution in [0.1, 0.15) is 40.6 Å². The fraction of sp³-hybridized carbons (Fsp3) is 0.263. The summed E-state index contributed by atoms with van der Waals surface area (Å²) in [5, 5.41) is 2.46. The fourth-order valence-corrected chi connectivity index (χ4v) is 3.16. The molecule has 1 fully saturated rings. The zero-order valence-corrected chi connectivity index (χ0v) is 14.6. The van der Waals surface area contributed by atoms with Gasteiger partial charge in [0.15, 0.2) is 0 Å². The smallest absolute Gasteiger partial charge is 0.349 e. The van der Waals surface area contributed by atoms with Crippen LogP contribution in [0.25, 0.3) is 5.65 Å². The maximum atomic E-state index is 12.6. The SMILES string of the molecule is Cc1cc(C2CCCO2)oc(=O)c1C(=O)Nc1cnc2ccccn2c1=O. The monoisotopic (exact) mass is 367 g/mol. The number of aryl methyl sites for hydroxylation is 1. The number of anilines is 1. The number of hydrogen-bond donors (Lipinski definition) is 1. The molecular formula is C19H17N3O5. The molecule has 0 radical (unpaired) electrons. The lowest BCUT2D eigenvalue weighted by Crippen LogP contribution is -2.27. The zero-order chi connectivity index (χ0) is 19.0. The summed E-state index contributed by atoms with van der Waals surface area (Å²) in [6.45, 7) is 2.27. The first kappa shape index (κ1) is 17.2. The minimum Gasteiger partial charge on any atom is -0.424 e. The van der Waals surface area contributed by atoms with Crippen molar-refractivity contribution in [3.05, 3.63) is 74.3 Å². The quantitative estimate of drug-likeness (QED) is 0.760. The minimum absolute atomic E-state index is 0.0225. The van der Waals surface area contributed by atoms with Crippen LogP contribution in [0.15, 0.2) is 50.7 Å². The third-order valence-electron chi connectivity index (χ3n) is 4.50. The van der Waals surface area contributed by atoms with Crippen molar-refractivity contribution in [2.45, 2.75) is 25.9 Å². The van der Waals surface area contributed by atoms with Gasteiger partial charge in [0, 0.05) is 12.8 Å². The van der Waals surface area contributed by atoms with Crippen LogP contribution in [0, 0.1) is 6.92 Å². The van der Waals surface area contributed by atoms with Gasteiger partial charge in [-0.25, -0.2) is 9.78 Å². The lowest BCUT2D eigenvalue weighted by molar-refractivity contribution is 0.0895. The molecule has 8 nitrogen and oxygen atoms in total. The summed E-state index contributed by atoms with van der Waals surface area (Å²) in [6, 6.07) is 6.75. The Kier molecular flexibility index (Phi) is 4.33. The molecule has 0 spiro atoms.